The zero-order chi connectivity index (χ0) is 32.7. The molecular formula is C30H26F6O10. The summed E-state index contributed by atoms with van der Waals surface area (Å²) >= 11 is 0. The molecule has 3 aromatic carbocycles. The van der Waals surface area contributed by atoms with Gasteiger partial charge in [0.05, 0.1) is 32.0 Å². The average molecular weight is 661 g/mol. The Kier molecular flexibility index (Phi) is 10.4. The summed E-state index contributed by atoms with van der Waals surface area (Å²) in [6.45, 7) is 0.917. The Morgan fingerprint density at radius 3 is 1.48 bits per heavy atom. The minimum atomic E-state index is -5.59. The van der Waals surface area contributed by atoms with Gasteiger partial charge in [-0.25, -0.2) is 4.79 Å². The SMILES string of the molecule is O=C(Oc1ccc(OCOc2ccc(OCOCC3CO3)cc2)c(C(F)(F)F)c1C(F)(F)F)c1ccc(OCOCC2CO2)cc1. The van der Waals surface area contributed by atoms with Crippen molar-refractivity contribution in [2.75, 3.05) is 46.8 Å². The summed E-state index contributed by atoms with van der Waals surface area (Å²) in [5, 5.41) is 0. The van der Waals surface area contributed by atoms with Crippen LogP contribution in [0.3, 0.4) is 0 Å². The lowest BCUT2D eigenvalue weighted by Crippen LogP contribution is -2.22. The summed E-state index contributed by atoms with van der Waals surface area (Å²) < 4.78 is 130. The van der Waals surface area contributed by atoms with Crippen molar-refractivity contribution in [2.45, 2.75) is 24.6 Å². The van der Waals surface area contributed by atoms with E-state index < -0.39 is 47.7 Å². The first-order valence-electron chi connectivity index (χ1n) is 13.6. The molecular weight excluding hydrogens is 634 g/mol. The maximum atomic E-state index is 14.1. The van der Waals surface area contributed by atoms with Gasteiger partial charge in [-0.1, -0.05) is 0 Å². The highest BCUT2D eigenvalue weighted by Crippen LogP contribution is 2.49. The molecule has 0 saturated carbocycles. The summed E-state index contributed by atoms with van der Waals surface area (Å²) in [6, 6.07) is 11.9. The fourth-order valence-corrected chi connectivity index (χ4v) is 3.88. The number of ether oxygens (including phenoxy) is 9. The maximum Gasteiger partial charge on any atom is 0.420 e. The van der Waals surface area contributed by atoms with Crippen molar-refractivity contribution in [3.63, 3.8) is 0 Å². The number of carbonyl (C=O) groups is 1. The Labute approximate surface area is 257 Å². The van der Waals surface area contributed by atoms with Gasteiger partial charge in [-0.3, -0.25) is 0 Å². The maximum absolute atomic E-state index is 14.1. The first-order chi connectivity index (χ1) is 22.0. The van der Waals surface area contributed by atoms with Crippen molar-refractivity contribution >= 4 is 5.97 Å². The molecule has 2 unspecified atom stereocenters. The number of rotatable bonds is 16. The second kappa shape index (κ2) is 14.5. The lowest BCUT2D eigenvalue weighted by Gasteiger charge is -2.22. The third-order valence-electron chi connectivity index (χ3n) is 6.28. The predicted octanol–water partition coefficient (Wildman–Crippen LogP) is 5.86. The summed E-state index contributed by atoms with van der Waals surface area (Å²) in [7, 11) is 0. The first-order valence-corrected chi connectivity index (χ1v) is 13.6. The Balaban J connectivity index is 1.22. The summed E-state index contributed by atoms with van der Waals surface area (Å²) in [4.78, 5) is 12.6. The predicted molar refractivity (Wildman–Crippen MR) is 143 cm³/mol. The molecule has 0 aromatic heterocycles. The number of alkyl halides is 6. The zero-order valence-corrected chi connectivity index (χ0v) is 23.7. The van der Waals surface area contributed by atoms with Crippen LogP contribution in [-0.2, 0) is 31.3 Å². The molecule has 2 aliphatic heterocycles. The molecule has 16 heteroatoms. The standard InChI is InChI=1S/C30H26F6O10/c31-29(32,33)26-24(45-17-44-21-7-5-20(6-8-21)43-16-39-12-23-14-41-23)9-10-25(27(26)30(34,35)36)46-28(37)18-1-3-19(4-2-18)42-15-38-11-22-13-40-22/h1-10,22-23H,11-17H2. The molecule has 5 rings (SSSR count). The van der Waals surface area contributed by atoms with E-state index in [2.05, 4.69) is 0 Å². The highest BCUT2D eigenvalue weighted by Gasteiger charge is 2.48. The summed E-state index contributed by atoms with van der Waals surface area (Å²) in [5.74, 6) is -3.09. The van der Waals surface area contributed by atoms with Gasteiger partial charge in [0.15, 0.2) is 13.6 Å². The van der Waals surface area contributed by atoms with E-state index in [9.17, 15) is 31.1 Å². The number of hydrogen-bond acceptors (Lipinski definition) is 10. The Morgan fingerprint density at radius 1 is 0.609 bits per heavy atom. The van der Waals surface area contributed by atoms with Crippen molar-refractivity contribution in [1.82, 2.24) is 0 Å². The second-order valence-corrected chi connectivity index (χ2v) is 9.78. The number of benzene rings is 3. The average Bonchev–Trinajstić information content (AvgIpc) is 3.94. The quantitative estimate of drug-likeness (QED) is 0.0463. The van der Waals surface area contributed by atoms with Crippen molar-refractivity contribution in [1.29, 1.82) is 0 Å². The van der Waals surface area contributed by atoms with Crippen LogP contribution < -0.4 is 23.7 Å². The van der Waals surface area contributed by atoms with Crippen LogP contribution in [0.2, 0.25) is 0 Å². The Bertz CT molecular complexity index is 1450. The first kappa shape index (κ1) is 33.1. The van der Waals surface area contributed by atoms with Crippen molar-refractivity contribution in [3.05, 3.63) is 77.4 Å². The van der Waals surface area contributed by atoms with E-state index in [0.717, 1.165) is 0 Å². The fraction of sp³-hybridized carbons (Fsp3) is 0.367. The van der Waals surface area contributed by atoms with Crippen LogP contribution in [0.15, 0.2) is 60.7 Å². The largest absolute Gasteiger partial charge is 0.468 e. The third kappa shape index (κ3) is 9.62. The molecule has 2 heterocycles. The number of halogens is 6. The number of hydrogen-bond donors (Lipinski definition) is 0. The smallest absolute Gasteiger partial charge is 0.420 e. The van der Waals surface area contributed by atoms with E-state index in [1.165, 1.54) is 48.5 Å². The van der Waals surface area contributed by atoms with Crippen LogP contribution in [0.4, 0.5) is 26.3 Å². The topological polar surface area (TPSA) is 107 Å². The number of epoxide rings is 2. The molecule has 10 nitrogen and oxygen atoms in total. The van der Waals surface area contributed by atoms with Gasteiger partial charge in [-0.05, 0) is 60.7 Å². The summed E-state index contributed by atoms with van der Waals surface area (Å²) in [5.41, 5.74) is -4.67. The lowest BCUT2D eigenvalue weighted by atomic mass is 10.0. The lowest BCUT2D eigenvalue weighted by molar-refractivity contribution is -0.164. The van der Waals surface area contributed by atoms with E-state index >= 15 is 0 Å². The van der Waals surface area contributed by atoms with Gasteiger partial charge >= 0.3 is 18.3 Å². The van der Waals surface area contributed by atoms with Gasteiger partial charge in [-0.15, -0.1) is 0 Å². The second-order valence-electron chi connectivity index (χ2n) is 9.78. The number of esters is 1. The van der Waals surface area contributed by atoms with Crippen LogP contribution in [-0.4, -0.2) is 65.0 Å². The van der Waals surface area contributed by atoms with E-state index in [1.54, 1.807) is 0 Å². The van der Waals surface area contributed by atoms with E-state index in [4.69, 9.17) is 42.6 Å². The van der Waals surface area contributed by atoms with Gasteiger partial charge in [-0.2, -0.15) is 26.3 Å². The van der Waals surface area contributed by atoms with Gasteiger partial charge in [0.25, 0.3) is 0 Å². The molecule has 248 valence electrons. The number of carbonyl (C=O) groups excluding carboxylic acids is 1. The normalized spacial score (nSPS) is 17.3. The van der Waals surface area contributed by atoms with E-state index in [-0.39, 0.29) is 42.9 Å². The molecule has 0 bridgehead atoms. The van der Waals surface area contributed by atoms with Crippen LogP contribution in [0.1, 0.15) is 21.5 Å². The molecule has 46 heavy (non-hydrogen) atoms. The molecule has 2 fully saturated rings. The van der Waals surface area contributed by atoms with Gasteiger partial charge in [0.2, 0.25) is 6.79 Å². The Hall–Kier alpha value is -4.25. The molecule has 0 radical (unpaired) electrons. The molecule has 2 atom stereocenters. The van der Waals surface area contributed by atoms with Crippen LogP contribution in [0.25, 0.3) is 0 Å². The molecule has 2 saturated heterocycles. The van der Waals surface area contributed by atoms with E-state index in [0.29, 0.717) is 44.3 Å². The molecule has 0 amide bonds. The molecule has 3 aromatic rings. The monoisotopic (exact) mass is 660 g/mol. The molecule has 0 aliphatic carbocycles. The van der Waals surface area contributed by atoms with Gasteiger partial charge in [0.1, 0.15) is 52.1 Å². The summed E-state index contributed by atoms with van der Waals surface area (Å²) in [6.07, 6.45) is -11.0. The minimum absolute atomic E-state index is 0.0252. The zero-order valence-electron chi connectivity index (χ0n) is 23.7. The highest BCUT2D eigenvalue weighted by atomic mass is 19.4. The van der Waals surface area contributed by atoms with Gasteiger partial charge < -0.3 is 42.6 Å². The molecule has 0 N–H and O–H groups in total. The van der Waals surface area contributed by atoms with Crippen LogP contribution >= 0.6 is 0 Å². The van der Waals surface area contributed by atoms with Crippen molar-refractivity contribution in [3.8, 4) is 28.7 Å². The van der Waals surface area contributed by atoms with Crippen LogP contribution in [0.5, 0.6) is 28.7 Å². The molecule has 2 aliphatic rings. The molecule has 0 spiro atoms. The third-order valence-corrected chi connectivity index (χ3v) is 6.28. The van der Waals surface area contributed by atoms with E-state index in [1.807, 2.05) is 0 Å². The minimum Gasteiger partial charge on any atom is -0.468 e. The highest BCUT2D eigenvalue weighted by molar-refractivity contribution is 5.91. The van der Waals surface area contributed by atoms with Gasteiger partial charge in [0, 0.05) is 0 Å². The fourth-order valence-electron chi connectivity index (χ4n) is 3.88. The van der Waals surface area contributed by atoms with Crippen LogP contribution in [0, 0.1) is 0 Å². The van der Waals surface area contributed by atoms with Crippen molar-refractivity contribution < 1.29 is 73.8 Å². The van der Waals surface area contributed by atoms with Crippen molar-refractivity contribution in [2.24, 2.45) is 0 Å². The Morgan fingerprint density at radius 2 is 1.02 bits per heavy atom.